The maximum absolute atomic E-state index is 11.1. The molecule has 0 aromatic rings. The lowest BCUT2D eigenvalue weighted by molar-refractivity contribution is 0.331. The minimum Gasteiger partial charge on any atom is -0.323 e. The number of nitrogens with two attached hydrogens (primary N) is 1. The first-order valence-corrected chi connectivity index (χ1v) is 7.58. The average Bonchev–Trinajstić information content (AvgIpc) is 2.13. The Morgan fingerprint density at radius 2 is 1.13 bits per heavy atom. The van der Waals surface area contributed by atoms with E-state index in [2.05, 4.69) is 0 Å². The van der Waals surface area contributed by atoms with Crippen LogP contribution < -0.4 is 5.73 Å². The van der Waals surface area contributed by atoms with E-state index in [1.165, 1.54) is 0 Å². The lowest BCUT2D eigenvalue weighted by Gasteiger charge is -2.20. The van der Waals surface area contributed by atoms with Gasteiger partial charge < -0.3 is 25.3 Å². The molecule has 12 heteroatoms. The average molecular weight is 320 g/mol. The third kappa shape index (κ3) is 1.34. The number of halogens is 3. The molecule has 1 fully saturated rings. The van der Waals surface area contributed by atoms with Gasteiger partial charge in [-0.25, -0.2) is 0 Å². The zero-order valence-corrected chi connectivity index (χ0v) is 10.8. The van der Waals surface area contributed by atoms with Crippen LogP contribution in [-0.2, 0) is 9.13 Å². The summed E-state index contributed by atoms with van der Waals surface area (Å²) < 4.78 is 19.5. The fraction of sp³-hybridized carbons (Fsp3) is 1.00. The summed E-state index contributed by atoms with van der Waals surface area (Å²) in [6.07, 6.45) is 0. The van der Waals surface area contributed by atoms with Gasteiger partial charge in [-0.1, -0.05) is 34.8 Å². The Bertz CT molecular complexity index is 358. The van der Waals surface area contributed by atoms with Crippen LogP contribution in [0.2, 0.25) is 0 Å². The Kier molecular flexibility index (Phi) is 2.95. The van der Waals surface area contributed by atoms with Crippen molar-refractivity contribution in [3.05, 3.63) is 0 Å². The summed E-state index contributed by atoms with van der Waals surface area (Å²) >= 11 is 16.1. The van der Waals surface area contributed by atoms with E-state index in [0.29, 0.717) is 0 Å². The van der Waals surface area contributed by atoms with Crippen molar-refractivity contribution < 1.29 is 28.7 Å². The van der Waals surface area contributed by atoms with Gasteiger partial charge in [-0.3, -0.25) is 9.13 Å². The fourth-order valence-corrected chi connectivity index (χ4v) is 8.11. The van der Waals surface area contributed by atoms with Gasteiger partial charge in [-0.05, 0) is 0 Å². The molecule has 7 nitrogen and oxygen atoms in total. The van der Waals surface area contributed by atoms with Gasteiger partial charge in [0, 0.05) is 0 Å². The number of alkyl halides is 3. The predicted octanol–water partition coefficient (Wildman–Crippen LogP) is 0.119. The molecule has 0 bridgehead atoms. The summed E-state index contributed by atoms with van der Waals surface area (Å²) in [7, 11) is -10.8. The predicted molar refractivity (Wildman–Crippen MR) is 54.0 cm³/mol. The van der Waals surface area contributed by atoms with Gasteiger partial charge in [0.05, 0.1) is 0 Å². The molecule has 0 aliphatic heterocycles. The molecule has 0 aromatic heterocycles. The first-order chi connectivity index (χ1) is 6.25. The van der Waals surface area contributed by atoms with Crippen molar-refractivity contribution in [2.24, 2.45) is 5.73 Å². The molecule has 1 rings (SSSR count). The molecule has 0 aromatic carbocycles. The fourth-order valence-electron chi connectivity index (χ4n) is 1.40. The molecule has 1 aliphatic carbocycles. The van der Waals surface area contributed by atoms with E-state index in [-0.39, 0.29) is 0 Å². The van der Waals surface area contributed by atoms with Gasteiger partial charge in [0.25, 0.3) is 0 Å². The number of hydrogen-bond acceptors (Lipinski definition) is 3. The molecular formula is C3H6Cl3NO6P2. The summed E-state index contributed by atoms with van der Waals surface area (Å²) in [5, 5.41) is 0. The van der Waals surface area contributed by atoms with Crippen LogP contribution in [0.3, 0.4) is 0 Å². The minimum atomic E-state index is -5.41. The van der Waals surface area contributed by atoms with Gasteiger partial charge in [0.1, 0.15) is 0 Å². The lowest BCUT2D eigenvalue weighted by Crippen LogP contribution is -2.29. The van der Waals surface area contributed by atoms with Crippen molar-refractivity contribution in [1.82, 2.24) is 0 Å². The normalized spacial score (nSPS) is 33.9. The second-order valence-corrected chi connectivity index (χ2v) is 8.84. The Hall–Kier alpha value is 1.13. The molecule has 90 valence electrons. The maximum atomic E-state index is 11.1. The highest BCUT2D eigenvalue weighted by Gasteiger charge is 3.00. The minimum absolute atomic E-state index is 2.60. The largest absolute Gasteiger partial charge is 0.350 e. The van der Waals surface area contributed by atoms with Crippen molar-refractivity contribution in [3.8, 4) is 0 Å². The van der Waals surface area contributed by atoms with Gasteiger partial charge >= 0.3 is 15.2 Å². The van der Waals surface area contributed by atoms with Crippen LogP contribution in [0, 0.1) is 0 Å². The summed E-state index contributed by atoms with van der Waals surface area (Å²) in [4.78, 5) is 29.8. The monoisotopic (exact) mass is 319 g/mol. The molecule has 0 spiro atoms. The van der Waals surface area contributed by atoms with Crippen LogP contribution in [0.5, 0.6) is 0 Å². The Morgan fingerprint density at radius 3 is 1.13 bits per heavy atom. The van der Waals surface area contributed by atoms with Gasteiger partial charge in [-0.15, -0.1) is 0 Å². The Morgan fingerprint density at radius 1 is 0.933 bits per heavy atom. The van der Waals surface area contributed by atoms with E-state index in [1.807, 2.05) is 0 Å². The molecule has 1 unspecified atom stereocenters. The smallest absolute Gasteiger partial charge is 0.323 e. The Balaban J connectivity index is 3.56. The van der Waals surface area contributed by atoms with Crippen LogP contribution in [0.25, 0.3) is 0 Å². The summed E-state index contributed by atoms with van der Waals surface area (Å²) in [6.45, 7) is 0. The highest BCUT2D eigenvalue weighted by atomic mass is 35.5. The van der Waals surface area contributed by atoms with E-state index in [0.717, 1.165) is 0 Å². The van der Waals surface area contributed by atoms with Crippen molar-refractivity contribution in [2.45, 2.75) is 14.2 Å². The van der Waals surface area contributed by atoms with Gasteiger partial charge in [-0.2, -0.15) is 0 Å². The SMILES string of the molecule is NC1(Cl)C(Cl)(Cl)C1(P(=O)(O)O)P(=O)(O)O. The number of rotatable bonds is 2. The molecule has 0 amide bonds. The molecule has 0 heterocycles. The zero-order chi connectivity index (χ0) is 12.5. The Labute approximate surface area is 98.8 Å². The van der Waals surface area contributed by atoms with E-state index in [4.69, 9.17) is 60.1 Å². The second-order valence-electron chi connectivity index (χ2n) is 3.05. The lowest BCUT2D eigenvalue weighted by atomic mass is 10.7. The third-order valence-corrected chi connectivity index (χ3v) is 9.52. The third-order valence-electron chi connectivity index (χ3n) is 2.18. The van der Waals surface area contributed by atoms with Crippen LogP contribution in [0.4, 0.5) is 0 Å². The first-order valence-electron chi connectivity index (χ1n) is 3.22. The van der Waals surface area contributed by atoms with Crippen molar-refractivity contribution in [1.29, 1.82) is 0 Å². The highest BCUT2D eigenvalue weighted by Crippen LogP contribution is 2.92. The van der Waals surface area contributed by atoms with Crippen LogP contribution in [0.1, 0.15) is 0 Å². The van der Waals surface area contributed by atoms with Crippen molar-refractivity contribution >= 4 is 50.0 Å². The molecule has 1 aliphatic rings. The quantitative estimate of drug-likeness (QED) is 0.276. The van der Waals surface area contributed by atoms with E-state index < -0.39 is 29.4 Å². The summed E-state index contributed by atoms with van der Waals surface area (Å²) in [5.41, 5.74) is 5.11. The van der Waals surface area contributed by atoms with E-state index in [9.17, 15) is 9.13 Å². The zero-order valence-electron chi connectivity index (χ0n) is 6.71. The molecule has 15 heavy (non-hydrogen) atoms. The molecule has 0 radical (unpaired) electrons. The van der Waals surface area contributed by atoms with Crippen LogP contribution in [0.15, 0.2) is 0 Å². The van der Waals surface area contributed by atoms with E-state index >= 15 is 0 Å². The van der Waals surface area contributed by atoms with Crippen molar-refractivity contribution in [3.63, 3.8) is 0 Å². The topological polar surface area (TPSA) is 141 Å². The van der Waals surface area contributed by atoms with Crippen LogP contribution in [-0.4, -0.2) is 33.8 Å². The number of hydrogen-bond donors (Lipinski definition) is 5. The maximum Gasteiger partial charge on any atom is 0.350 e. The van der Waals surface area contributed by atoms with Crippen LogP contribution >= 0.6 is 50.0 Å². The summed E-state index contributed by atoms with van der Waals surface area (Å²) in [6, 6.07) is 0. The molecule has 1 atom stereocenters. The second kappa shape index (κ2) is 3.12. The summed E-state index contributed by atoms with van der Waals surface area (Å²) in [5.74, 6) is 0. The molecule has 1 saturated carbocycles. The molecule has 6 N–H and O–H groups in total. The highest BCUT2D eigenvalue weighted by molar-refractivity contribution is 7.74. The van der Waals surface area contributed by atoms with Gasteiger partial charge in [0.15, 0.2) is 9.33 Å². The molecular weight excluding hydrogens is 314 g/mol. The molecule has 0 saturated heterocycles. The standard InChI is InChI=1S/C3H6Cl3NO6P2/c4-1(5)2(6,7)3(1,14(8,9)10)15(11,12)13/h7H2,(H2,8,9,10)(H2,11,12,13). The van der Waals surface area contributed by atoms with Crippen molar-refractivity contribution in [2.75, 3.05) is 0 Å². The van der Waals surface area contributed by atoms with E-state index in [1.54, 1.807) is 0 Å². The van der Waals surface area contributed by atoms with Gasteiger partial charge in [0.2, 0.25) is 4.90 Å². The first kappa shape index (κ1) is 14.2.